The fourth-order valence-corrected chi connectivity index (χ4v) is 1.90. The zero-order valence-corrected chi connectivity index (χ0v) is 12.2. The molecule has 0 aliphatic carbocycles. The number of benzene rings is 1. The number of halogens is 1. The third kappa shape index (κ3) is 4.42. The zero-order valence-electron chi connectivity index (χ0n) is 11.5. The van der Waals surface area contributed by atoms with Crippen LogP contribution in [0.5, 0.6) is 0 Å². The van der Waals surface area contributed by atoms with E-state index in [1.807, 2.05) is 0 Å². The van der Waals surface area contributed by atoms with E-state index < -0.39 is 4.92 Å². The van der Waals surface area contributed by atoms with E-state index in [0.29, 0.717) is 18.7 Å². The first-order valence-electron chi connectivity index (χ1n) is 6.44. The van der Waals surface area contributed by atoms with E-state index >= 15 is 0 Å². The van der Waals surface area contributed by atoms with Crippen molar-refractivity contribution in [1.82, 2.24) is 10.3 Å². The number of aromatic nitrogens is 1. The molecule has 22 heavy (non-hydrogen) atoms. The molecular weight excluding hydrogens is 308 g/mol. The van der Waals surface area contributed by atoms with Crippen LogP contribution in [0.25, 0.3) is 0 Å². The quantitative estimate of drug-likeness (QED) is 0.369. The molecule has 0 atom stereocenters. The molecule has 2 N–H and O–H groups in total. The van der Waals surface area contributed by atoms with Crippen LogP contribution in [-0.4, -0.2) is 28.9 Å². The number of non-ortho nitro benzene ring substituents is 1. The predicted octanol–water partition coefficient (Wildman–Crippen LogP) is 2.49. The van der Waals surface area contributed by atoms with E-state index in [-0.39, 0.29) is 16.7 Å². The summed E-state index contributed by atoms with van der Waals surface area (Å²) in [5, 5.41) is 16.6. The van der Waals surface area contributed by atoms with Gasteiger partial charge in [0.2, 0.25) is 0 Å². The molecule has 8 heteroatoms. The van der Waals surface area contributed by atoms with Gasteiger partial charge in [-0.15, -0.1) is 0 Å². The van der Waals surface area contributed by atoms with Crippen LogP contribution in [0.2, 0.25) is 5.15 Å². The van der Waals surface area contributed by atoms with Crippen LogP contribution >= 0.6 is 11.6 Å². The third-order valence-corrected chi connectivity index (χ3v) is 3.01. The van der Waals surface area contributed by atoms with Gasteiger partial charge < -0.3 is 10.6 Å². The minimum Gasteiger partial charge on any atom is -0.383 e. The SMILES string of the molecule is O=C(NCCNc1ccc([N+](=O)[O-])cc1)c1ccnc(Cl)c1. The number of nitrogens with zero attached hydrogens (tertiary/aromatic N) is 2. The van der Waals surface area contributed by atoms with Crippen molar-refractivity contribution in [2.24, 2.45) is 0 Å². The molecular formula is C14H13ClN4O3. The molecule has 1 heterocycles. The summed E-state index contributed by atoms with van der Waals surface area (Å²) in [4.78, 5) is 25.7. The van der Waals surface area contributed by atoms with Gasteiger partial charge in [0.05, 0.1) is 4.92 Å². The van der Waals surface area contributed by atoms with Crippen molar-refractivity contribution in [2.75, 3.05) is 18.4 Å². The summed E-state index contributed by atoms with van der Waals surface area (Å²) >= 11 is 5.71. The van der Waals surface area contributed by atoms with Gasteiger partial charge >= 0.3 is 0 Å². The number of amides is 1. The van der Waals surface area contributed by atoms with E-state index in [2.05, 4.69) is 15.6 Å². The fourth-order valence-electron chi connectivity index (χ4n) is 1.73. The Hall–Kier alpha value is -2.67. The van der Waals surface area contributed by atoms with Crippen molar-refractivity contribution in [2.45, 2.75) is 0 Å². The Morgan fingerprint density at radius 2 is 1.95 bits per heavy atom. The predicted molar refractivity (Wildman–Crippen MR) is 83.2 cm³/mol. The van der Waals surface area contributed by atoms with Gasteiger partial charge in [0, 0.05) is 42.7 Å². The average Bonchev–Trinajstić information content (AvgIpc) is 2.51. The topological polar surface area (TPSA) is 97.2 Å². The first-order chi connectivity index (χ1) is 10.6. The summed E-state index contributed by atoms with van der Waals surface area (Å²) in [6.45, 7) is 0.887. The minimum absolute atomic E-state index is 0.0356. The number of carbonyl (C=O) groups is 1. The molecule has 114 valence electrons. The molecule has 1 amide bonds. The molecule has 0 saturated carbocycles. The Labute approximate surface area is 131 Å². The highest BCUT2D eigenvalue weighted by Crippen LogP contribution is 2.14. The lowest BCUT2D eigenvalue weighted by atomic mass is 10.2. The highest BCUT2D eigenvalue weighted by molar-refractivity contribution is 6.29. The molecule has 0 unspecified atom stereocenters. The molecule has 1 aromatic heterocycles. The van der Waals surface area contributed by atoms with Crippen molar-refractivity contribution in [3.63, 3.8) is 0 Å². The maximum Gasteiger partial charge on any atom is 0.269 e. The van der Waals surface area contributed by atoms with E-state index in [0.717, 1.165) is 5.69 Å². The number of nitro groups is 1. The van der Waals surface area contributed by atoms with Crippen LogP contribution in [0, 0.1) is 10.1 Å². The van der Waals surface area contributed by atoms with E-state index in [1.54, 1.807) is 18.2 Å². The lowest BCUT2D eigenvalue weighted by Gasteiger charge is -2.08. The Balaban J connectivity index is 1.77. The standard InChI is InChI=1S/C14H13ClN4O3/c15-13-9-10(5-6-17-13)14(20)18-8-7-16-11-1-3-12(4-2-11)19(21)22/h1-6,9,16H,7-8H2,(H,18,20). The minimum atomic E-state index is -0.455. The normalized spacial score (nSPS) is 10.0. The largest absolute Gasteiger partial charge is 0.383 e. The molecule has 2 aromatic rings. The molecule has 0 radical (unpaired) electrons. The van der Waals surface area contributed by atoms with Gasteiger partial charge in [-0.25, -0.2) is 4.98 Å². The first kappa shape index (κ1) is 15.7. The van der Waals surface area contributed by atoms with E-state index in [1.165, 1.54) is 24.4 Å². The summed E-state index contributed by atoms with van der Waals surface area (Å²) in [6.07, 6.45) is 1.46. The molecule has 1 aromatic carbocycles. The lowest BCUT2D eigenvalue weighted by Crippen LogP contribution is -2.28. The van der Waals surface area contributed by atoms with Crippen LogP contribution in [0.1, 0.15) is 10.4 Å². The van der Waals surface area contributed by atoms with Gasteiger partial charge in [0.25, 0.3) is 11.6 Å². The van der Waals surface area contributed by atoms with Crippen molar-refractivity contribution in [3.05, 3.63) is 63.4 Å². The Kier molecular flexibility index (Phi) is 5.26. The molecule has 0 bridgehead atoms. The first-order valence-corrected chi connectivity index (χ1v) is 6.82. The second-order valence-electron chi connectivity index (χ2n) is 4.35. The maximum atomic E-state index is 11.8. The number of hydrogen-bond donors (Lipinski definition) is 2. The molecule has 0 aliphatic rings. The third-order valence-electron chi connectivity index (χ3n) is 2.81. The molecule has 2 rings (SSSR count). The maximum absolute atomic E-state index is 11.8. The Morgan fingerprint density at radius 3 is 2.59 bits per heavy atom. The van der Waals surface area contributed by atoms with Gasteiger partial charge in [-0.1, -0.05) is 11.6 Å². The smallest absolute Gasteiger partial charge is 0.269 e. The van der Waals surface area contributed by atoms with Crippen LogP contribution < -0.4 is 10.6 Å². The summed E-state index contributed by atoms with van der Waals surface area (Å²) in [7, 11) is 0. The van der Waals surface area contributed by atoms with Crippen LogP contribution in [-0.2, 0) is 0 Å². The molecule has 0 spiro atoms. The van der Waals surface area contributed by atoms with E-state index in [4.69, 9.17) is 11.6 Å². The molecule has 0 aliphatic heterocycles. The van der Waals surface area contributed by atoms with Crippen LogP contribution in [0.3, 0.4) is 0 Å². The van der Waals surface area contributed by atoms with Gasteiger partial charge in [-0.3, -0.25) is 14.9 Å². The van der Waals surface area contributed by atoms with Crippen molar-refractivity contribution >= 4 is 28.9 Å². The number of rotatable bonds is 6. The monoisotopic (exact) mass is 320 g/mol. The van der Waals surface area contributed by atoms with Crippen molar-refractivity contribution < 1.29 is 9.72 Å². The van der Waals surface area contributed by atoms with Crippen LogP contribution in [0.15, 0.2) is 42.6 Å². The van der Waals surface area contributed by atoms with E-state index in [9.17, 15) is 14.9 Å². The number of anilines is 1. The summed E-state index contributed by atoms with van der Waals surface area (Å²) < 4.78 is 0. The number of nitro benzene ring substituents is 1. The highest BCUT2D eigenvalue weighted by Gasteiger charge is 2.06. The van der Waals surface area contributed by atoms with Gasteiger partial charge in [-0.05, 0) is 24.3 Å². The average molecular weight is 321 g/mol. The fraction of sp³-hybridized carbons (Fsp3) is 0.143. The van der Waals surface area contributed by atoms with Crippen LogP contribution in [0.4, 0.5) is 11.4 Å². The molecule has 0 saturated heterocycles. The second-order valence-corrected chi connectivity index (χ2v) is 4.74. The Bertz CT molecular complexity index is 676. The molecule has 7 nitrogen and oxygen atoms in total. The van der Waals surface area contributed by atoms with Gasteiger partial charge in [-0.2, -0.15) is 0 Å². The summed E-state index contributed by atoms with van der Waals surface area (Å²) in [5.74, 6) is -0.241. The summed E-state index contributed by atoms with van der Waals surface area (Å²) in [6, 6.07) is 9.12. The number of pyridine rings is 1. The van der Waals surface area contributed by atoms with Crippen molar-refractivity contribution in [1.29, 1.82) is 0 Å². The van der Waals surface area contributed by atoms with Gasteiger partial charge in [0.1, 0.15) is 5.15 Å². The van der Waals surface area contributed by atoms with Gasteiger partial charge in [0.15, 0.2) is 0 Å². The second kappa shape index (κ2) is 7.37. The molecule has 0 fully saturated rings. The number of carbonyl (C=O) groups excluding carboxylic acids is 1. The lowest BCUT2D eigenvalue weighted by molar-refractivity contribution is -0.384. The highest BCUT2D eigenvalue weighted by atomic mass is 35.5. The summed E-state index contributed by atoms with van der Waals surface area (Å²) in [5.41, 5.74) is 1.22. The van der Waals surface area contributed by atoms with Crippen molar-refractivity contribution in [3.8, 4) is 0 Å². The zero-order chi connectivity index (χ0) is 15.9. The Morgan fingerprint density at radius 1 is 1.23 bits per heavy atom. The number of hydrogen-bond acceptors (Lipinski definition) is 5. The number of nitrogens with one attached hydrogen (secondary N) is 2.